The second-order valence-corrected chi connectivity index (χ2v) is 5.31. The summed E-state index contributed by atoms with van der Waals surface area (Å²) in [6, 6.07) is 3.79. The maximum absolute atomic E-state index is 4.49. The first-order valence-corrected chi connectivity index (χ1v) is 7.11. The van der Waals surface area contributed by atoms with Gasteiger partial charge in [-0.3, -0.25) is 4.98 Å². The van der Waals surface area contributed by atoms with Crippen molar-refractivity contribution in [2.45, 2.75) is 13.8 Å². The van der Waals surface area contributed by atoms with E-state index in [0.717, 1.165) is 32.7 Å². The summed E-state index contributed by atoms with van der Waals surface area (Å²) in [5, 5.41) is 3.21. The van der Waals surface area contributed by atoms with Crippen molar-refractivity contribution in [1.82, 2.24) is 15.0 Å². The second kappa shape index (κ2) is 5.75. The average molecular weight is 372 g/mol. The van der Waals surface area contributed by atoms with Crippen LogP contribution in [0.15, 0.2) is 27.3 Å². The normalized spacial score (nSPS) is 10.4. The monoisotopic (exact) mass is 370 g/mol. The number of aromatic nitrogens is 3. The molecule has 0 saturated heterocycles. The lowest BCUT2D eigenvalue weighted by molar-refractivity contribution is 1.05. The van der Waals surface area contributed by atoms with Crippen LogP contribution in [0.3, 0.4) is 0 Å². The predicted molar refractivity (Wildman–Crippen MR) is 79.6 cm³/mol. The third-order valence-corrected chi connectivity index (χ3v) is 3.92. The zero-order valence-electron chi connectivity index (χ0n) is 10.0. The highest BCUT2D eigenvalue weighted by Gasteiger charge is 2.13. The second-order valence-electron chi connectivity index (χ2n) is 3.66. The molecule has 0 aliphatic heterocycles. The third-order valence-electron chi connectivity index (χ3n) is 2.33. The van der Waals surface area contributed by atoms with Crippen molar-refractivity contribution in [2.75, 3.05) is 11.9 Å². The highest BCUT2D eigenvalue weighted by atomic mass is 79.9. The Balaban J connectivity index is 2.56. The number of rotatable bonds is 3. The summed E-state index contributed by atoms with van der Waals surface area (Å²) in [6.07, 6.45) is 1.73. The maximum atomic E-state index is 4.49. The number of hydrogen-bond donors (Lipinski definition) is 1. The molecule has 0 aliphatic rings. The van der Waals surface area contributed by atoms with Gasteiger partial charge in [-0.1, -0.05) is 0 Å². The van der Waals surface area contributed by atoms with Gasteiger partial charge in [-0.25, -0.2) is 9.97 Å². The molecule has 0 saturated carbocycles. The molecule has 0 spiro atoms. The van der Waals surface area contributed by atoms with Crippen LogP contribution >= 0.6 is 31.9 Å². The van der Waals surface area contributed by atoms with Gasteiger partial charge in [-0.05, 0) is 57.8 Å². The molecule has 2 heterocycles. The summed E-state index contributed by atoms with van der Waals surface area (Å²) < 4.78 is 1.77. The molecule has 18 heavy (non-hydrogen) atoms. The molecule has 0 fully saturated rings. The van der Waals surface area contributed by atoms with E-state index in [-0.39, 0.29) is 0 Å². The molecule has 1 N–H and O–H groups in total. The number of anilines is 1. The fraction of sp³-hybridized carbons (Fsp3) is 0.250. The lowest BCUT2D eigenvalue weighted by Gasteiger charge is -2.10. The lowest BCUT2D eigenvalue weighted by Crippen LogP contribution is -2.05. The van der Waals surface area contributed by atoms with E-state index in [4.69, 9.17) is 0 Å². The number of nitrogens with one attached hydrogen (secondary N) is 1. The van der Waals surface area contributed by atoms with E-state index in [1.54, 1.807) is 6.20 Å². The summed E-state index contributed by atoms with van der Waals surface area (Å²) in [5.74, 6) is 1.40. The quantitative estimate of drug-likeness (QED) is 0.891. The number of nitrogens with zero attached hydrogens (tertiary/aromatic N) is 3. The molecular formula is C12H12Br2N4. The van der Waals surface area contributed by atoms with Crippen molar-refractivity contribution in [2.24, 2.45) is 0 Å². The van der Waals surface area contributed by atoms with Gasteiger partial charge in [0.1, 0.15) is 11.5 Å². The van der Waals surface area contributed by atoms with Crippen molar-refractivity contribution in [3.05, 3.63) is 33.0 Å². The van der Waals surface area contributed by atoms with E-state index in [9.17, 15) is 0 Å². The standard InChI is InChI=1S/C12H12Br2N4/c1-3-15-11-9(14)7(2)17-12(18-11)10-8(13)5-4-6-16-10/h4-6H,3H2,1-2H3,(H,15,17,18). The smallest absolute Gasteiger partial charge is 0.181 e. The fourth-order valence-corrected chi connectivity index (χ4v) is 2.25. The molecule has 2 rings (SSSR count). The van der Waals surface area contributed by atoms with Gasteiger partial charge in [-0.2, -0.15) is 0 Å². The summed E-state index contributed by atoms with van der Waals surface area (Å²) >= 11 is 6.95. The molecule has 6 heteroatoms. The molecule has 94 valence electrons. The van der Waals surface area contributed by atoms with Crippen molar-refractivity contribution in [3.63, 3.8) is 0 Å². The molecule has 2 aromatic heterocycles. The van der Waals surface area contributed by atoms with Crippen molar-refractivity contribution in [1.29, 1.82) is 0 Å². The van der Waals surface area contributed by atoms with Crippen LogP contribution in [-0.4, -0.2) is 21.5 Å². The van der Waals surface area contributed by atoms with Crippen LogP contribution in [0.25, 0.3) is 11.5 Å². The van der Waals surface area contributed by atoms with Crippen LogP contribution in [-0.2, 0) is 0 Å². The third kappa shape index (κ3) is 2.70. The molecular weight excluding hydrogens is 360 g/mol. The summed E-state index contributed by atoms with van der Waals surface area (Å²) in [7, 11) is 0. The highest BCUT2D eigenvalue weighted by Crippen LogP contribution is 2.28. The average Bonchev–Trinajstić information content (AvgIpc) is 2.35. The van der Waals surface area contributed by atoms with E-state index in [0.29, 0.717) is 5.82 Å². The zero-order chi connectivity index (χ0) is 13.1. The van der Waals surface area contributed by atoms with Gasteiger partial charge in [0.2, 0.25) is 0 Å². The lowest BCUT2D eigenvalue weighted by atomic mass is 10.3. The Hall–Kier alpha value is -1.01. The van der Waals surface area contributed by atoms with Gasteiger partial charge in [-0.15, -0.1) is 0 Å². The van der Waals surface area contributed by atoms with Crippen LogP contribution < -0.4 is 5.32 Å². The Morgan fingerprint density at radius 2 is 2.06 bits per heavy atom. The first-order valence-electron chi connectivity index (χ1n) is 5.52. The van der Waals surface area contributed by atoms with Gasteiger partial charge >= 0.3 is 0 Å². The van der Waals surface area contributed by atoms with Gasteiger partial charge in [0.15, 0.2) is 5.82 Å². The van der Waals surface area contributed by atoms with Crippen LogP contribution in [0.1, 0.15) is 12.6 Å². The first kappa shape index (κ1) is 13.4. The number of pyridine rings is 1. The van der Waals surface area contributed by atoms with E-state index in [2.05, 4.69) is 52.1 Å². The van der Waals surface area contributed by atoms with E-state index in [1.807, 2.05) is 26.0 Å². The minimum Gasteiger partial charge on any atom is -0.369 e. The predicted octanol–water partition coefficient (Wildman–Crippen LogP) is 3.80. The Bertz CT molecular complexity index is 572. The van der Waals surface area contributed by atoms with Crippen LogP contribution in [0.5, 0.6) is 0 Å². The van der Waals surface area contributed by atoms with Crippen LogP contribution in [0, 0.1) is 6.92 Å². The Morgan fingerprint density at radius 3 is 2.72 bits per heavy atom. The van der Waals surface area contributed by atoms with Crippen LogP contribution in [0.2, 0.25) is 0 Å². The molecule has 2 aromatic rings. The largest absolute Gasteiger partial charge is 0.369 e. The minimum absolute atomic E-state index is 0.610. The molecule has 0 radical (unpaired) electrons. The van der Waals surface area contributed by atoms with Crippen molar-refractivity contribution < 1.29 is 0 Å². The van der Waals surface area contributed by atoms with E-state index in [1.165, 1.54) is 0 Å². The minimum atomic E-state index is 0.610. The first-order chi connectivity index (χ1) is 8.63. The Labute approximate surface area is 123 Å². The summed E-state index contributed by atoms with van der Waals surface area (Å²) in [6.45, 7) is 4.77. The van der Waals surface area contributed by atoms with Crippen LogP contribution in [0.4, 0.5) is 5.82 Å². The fourth-order valence-electron chi connectivity index (χ4n) is 1.50. The molecule has 0 bridgehead atoms. The highest BCUT2D eigenvalue weighted by molar-refractivity contribution is 9.11. The molecule has 0 atom stereocenters. The summed E-state index contributed by atoms with van der Waals surface area (Å²) in [4.78, 5) is 13.3. The molecule has 4 nitrogen and oxygen atoms in total. The summed E-state index contributed by atoms with van der Waals surface area (Å²) in [5.41, 5.74) is 1.63. The molecule has 0 aromatic carbocycles. The number of hydrogen-bond acceptors (Lipinski definition) is 4. The topological polar surface area (TPSA) is 50.7 Å². The van der Waals surface area contributed by atoms with Gasteiger partial charge < -0.3 is 5.32 Å². The molecule has 0 unspecified atom stereocenters. The van der Waals surface area contributed by atoms with Gasteiger partial charge in [0.05, 0.1) is 10.2 Å². The number of halogens is 2. The Morgan fingerprint density at radius 1 is 1.28 bits per heavy atom. The maximum Gasteiger partial charge on any atom is 0.181 e. The van der Waals surface area contributed by atoms with Gasteiger partial charge in [0.25, 0.3) is 0 Å². The molecule has 0 aliphatic carbocycles. The van der Waals surface area contributed by atoms with E-state index < -0.39 is 0 Å². The van der Waals surface area contributed by atoms with Gasteiger partial charge in [0, 0.05) is 17.2 Å². The number of aryl methyl sites for hydroxylation is 1. The van der Waals surface area contributed by atoms with Crippen molar-refractivity contribution in [3.8, 4) is 11.5 Å². The Kier molecular flexibility index (Phi) is 4.29. The van der Waals surface area contributed by atoms with Crippen molar-refractivity contribution >= 4 is 37.7 Å². The SMILES string of the molecule is CCNc1nc(-c2ncccc2Br)nc(C)c1Br. The van der Waals surface area contributed by atoms with E-state index >= 15 is 0 Å². The molecule has 0 amide bonds. The zero-order valence-corrected chi connectivity index (χ0v) is 13.2.